The van der Waals surface area contributed by atoms with Gasteiger partial charge in [0, 0.05) is 21.9 Å². The van der Waals surface area contributed by atoms with Crippen LogP contribution in [0.5, 0.6) is 0 Å². The molecule has 1 aliphatic rings. The number of thioether (sulfide) groups is 1. The molecule has 1 saturated carbocycles. The van der Waals surface area contributed by atoms with Gasteiger partial charge in [-0.1, -0.05) is 36.4 Å². The number of thiazole rings is 1. The smallest absolute Gasteiger partial charge is 0.244 e. The molecular weight excluding hydrogens is 470 g/mol. The second kappa shape index (κ2) is 9.91. The summed E-state index contributed by atoms with van der Waals surface area (Å²) in [4.78, 5) is 31.9. The fraction of sp³-hybridized carbons (Fsp3) is 0.160. The zero-order valence-corrected chi connectivity index (χ0v) is 20.0. The van der Waals surface area contributed by atoms with Gasteiger partial charge in [-0.25, -0.2) is 4.98 Å². The minimum absolute atomic E-state index is 0.0855. The molecule has 2 aromatic heterocycles. The Hall–Kier alpha value is -2.94. The van der Waals surface area contributed by atoms with E-state index in [4.69, 9.17) is 0 Å². The van der Waals surface area contributed by atoms with Gasteiger partial charge in [0.2, 0.25) is 11.8 Å². The summed E-state index contributed by atoms with van der Waals surface area (Å²) in [7, 11) is 0. The van der Waals surface area contributed by atoms with Crippen LogP contribution in [-0.4, -0.2) is 16.8 Å². The van der Waals surface area contributed by atoms with Gasteiger partial charge < -0.3 is 10.6 Å². The average Bonchev–Trinajstić information content (AvgIpc) is 3.35. The third kappa shape index (κ3) is 5.52. The highest BCUT2D eigenvalue weighted by Crippen LogP contribution is 2.38. The number of nitrogens with zero attached hydrogens (tertiary/aromatic N) is 1. The average molecular weight is 492 g/mol. The second-order valence-corrected chi connectivity index (χ2v) is 10.7. The van der Waals surface area contributed by atoms with Crippen LogP contribution in [0, 0.1) is 5.92 Å². The number of rotatable bonds is 8. The van der Waals surface area contributed by atoms with Crippen LogP contribution in [0.3, 0.4) is 0 Å². The van der Waals surface area contributed by atoms with Gasteiger partial charge in [-0.3, -0.25) is 9.59 Å². The van der Waals surface area contributed by atoms with Crippen LogP contribution < -0.4 is 10.6 Å². The number of anilines is 2. The summed E-state index contributed by atoms with van der Waals surface area (Å²) in [5.74, 6) is 0.128. The molecule has 8 heteroatoms. The molecule has 0 aliphatic heterocycles. The van der Waals surface area contributed by atoms with Gasteiger partial charge in [0.15, 0.2) is 5.13 Å². The van der Waals surface area contributed by atoms with E-state index in [0.717, 1.165) is 39.6 Å². The largest absolute Gasteiger partial charge is 0.326 e. The lowest BCUT2D eigenvalue weighted by Crippen LogP contribution is -2.19. The van der Waals surface area contributed by atoms with Gasteiger partial charge >= 0.3 is 0 Å². The predicted octanol–water partition coefficient (Wildman–Crippen LogP) is 6.69. The molecule has 2 heterocycles. The zero-order chi connectivity index (χ0) is 22.6. The van der Waals surface area contributed by atoms with Gasteiger partial charge in [-0.05, 0) is 54.1 Å². The van der Waals surface area contributed by atoms with Crippen LogP contribution in [-0.2, 0) is 9.59 Å². The molecule has 166 valence electrons. The molecule has 1 atom stereocenters. The SMILES string of the molecule is O=C(Nc1ccc(SC(C(=O)Nc2nc(-c3cccs3)cs2)c2ccccc2)cc1)C1CC1. The second-order valence-electron chi connectivity index (χ2n) is 7.70. The molecule has 1 aliphatic carbocycles. The molecule has 2 amide bonds. The lowest BCUT2D eigenvalue weighted by molar-refractivity contribution is -0.117. The molecule has 5 nitrogen and oxygen atoms in total. The Morgan fingerprint density at radius 2 is 1.73 bits per heavy atom. The van der Waals surface area contributed by atoms with E-state index in [2.05, 4.69) is 15.6 Å². The molecule has 2 aromatic carbocycles. The maximum atomic E-state index is 13.3. The van der Waals surface area contributed by atoms with E-state index in [-0.39, 0.29) is 17.7 Å². The first kappa shape index (κ1) is 21.9. The van der Waals surface area contributed by atoms with Gasteiger partial charge in [-0.2, -0.15) is 0 Å². The van der Waals surface area contributed by atoms with Crippen LogP contribution in [0.2, 0.25) is 0 Å². The van der Waals surface area contributed by atoms with Crippen LogP contribution >= 0.6 is 34.4 Å². The molecule has 0 spiro atoms. The van der Waals surface area contributed by atoms with Crippen molar-refractivity contribution in [3.05, 3.63) is 83.1 Å². The van der Waals surface area contributed by atoms with Gasteiger partial charge in [-0.15, -0.1) is 34.4 Å². The van der Waals surface area contributed by atoms with Crippen molar-refractivity contribution in [3.63, 3.8) is 0 Å². The van der Waals surface area contributed by atoms with Crippen molar-refractivity contribution in [2.45, 2.75) is 23.0 Å². The number of amides is 2. The number of aromatic nitrogens is 1. The monoisotopic (exact) mass is 491 g/mol. The fourth-order valence-electron chi connectivity index (χ4n) is 3.28. The summed E-state index contributed by atoms with van der Waals surface area (Å²) in [6.45, 7) is 0. The van der Waals surface area contributed by atoms with Crippen molar-refractivity contribution >= 4 is 57.1 Å². The molecule has 5 rings (SSSR count). The molecular formula is C25H21N3O2S3. The molecule has 2 N–H and O–H groups in total. The Balaban J connectivity index is 1.31. The Kier molecular flexibility index (Phi) is 6.57. The lowest BCUT2D eigenvalue weighted by atomic mass is 10.1. The maximum Gasteiger partial charge on any atom is 0.244 e. The van der Waals surface area contributed by atoms with E-state index >= 15 is 0 Å². The van der Waals surface area contributed by atoms with Crippen LogP contribution in [0.1, 0.15) is 23.7 Å². The van der Waals surface area contributed by atoms with E-state index in [1.807, 2.05) is 77.5 Å². The van der Waals surface area contributed by atoms with Gasteiger partial charge in [0.1, 0.15) is 5.25 Å². The number of carbonyl (C=O) groups excluding carboxylic acids is 2. The molecule has 1 unspecified atom stereocenters. The van der Waals surface area contributed by atoms with Gasteiger partial charge in [0.25, 0.3) is 0 Å². The van der Waals surface area contributed by atoms with E-state index in [1.165, 1.54) is 23.1 Å². The quantitative estimate of drug-likeness (QED) is 0.269. The molecule has 0 saturated heterocycles. The Morgan fingerprint density at radius 3 is 2.42 bits per heavy atom. The van der Waals surface area contributed by atoms with Crippen molar-refractivity contribution in [1.29, 1.82) is 0 Å². The molecule has 0 bridgehead atoms. The van der Waals surface area contributed by atoms with Crippen LogP contribution in [0.15, 0.2) is 82.4 Å². The lowest BCUT2D eigenvalue weighted by Gasteiger charge is -2.16. The first-order valence-electron chi connectivity index (χ1n) is 10.6. The van der Waals surface area contributed by atoms with Crippen LogP contribution in [0.4, 0.5) is 10.8 Å². The molecule has 4 aromatic rings. The third-order valence-corrected chi connectivity index (χ3v) is 8.09. The predicted molar refractivity (Wildman–Crippen MR) is 137 cm³/mol. The third-order valence-electron chi connectivity index (χ3n) is 5.17. The van der Waals surface area contributed by atoms with E-state index < -0.39 is 5.25 Å². The van der Waals surface area contributed by atoms with Crippen molar-refractivity contribution < 1.29 is 9.59 Å². The number of hydrogen-bond acceptors (Lipinski definition) is 6. The Bertz CT molecular complexity index is 1230. The Morgan fingerprint density at radius 1 is 0.939 bits per heavy atom. The number of nitrogens with one attached hydrogen (secondary N) is 2. The van der Waals surface area contributed by atoms with Crippen molar-refractivity contribution in [2.24, 2.45) is 5.92 Å². The topological polar surface area (TPSA) is 71.1 Å². The number of thiophene rings is 1. The summed E-state index contributed by atoms with van der Waals surface area (Å²) in [5.41, 5.74) is 2.57. The fourth-order valence-corrected chi connectivity index (χ4v) is 5.78. The summed E-state index contributed by atoms with van der Waals surface area (Å²) in [5, 5.41) is 10.1. The summed E-state index contributed by atoms with van der Waals surface area (Å²) >= 11 is 4.52. The van der Waals surface area contributed by atoms with E-state index in [0.29, 0.717) is 5.13 Å². The number of carbonyl (C=O) groups is 2. The highest BCUT2D eigenvalue weighted by Gasteiger charge is 2.29. The summed E-state index contributed by atoms with van der Waals surface area (Å²) < 4.78 is 0. The minimum Gasteiger partial charge on any atom is -0.326 e. The Labute approximate surface area is 204 Å². The first-order valence-corrected chi connectivity index (χ1v) is 13.2. The van der Waals surface area contributed by atoms with E-state index in [1.54, 1.807) is 11.3 Å². The van der Waals surface area contributed by atoms with Crippen LogP contribution in [0.25, 0.3) is 10.6 Å². The zero-order valence-electron chi connectivity index (χ0n) is 17.6. The minimum atomic E-state index is -0.438. The number of benzene rings is 2. The standard InChI is InChI=1S/C25H21N3O2S3/c29-23(17-8-9-17)26-18-10-12-19(13-11-18)33-22(16-5-2-1-3-6-16)24(30)28-25-27-20(15-32-25)21-7-4-14-31-21/h1-7,10-15,17,22H,8-9H2,(H,26,29)(H,27,28,30). The maximum absolute atomic E-state index is 13.3. The van der Waals surface area contributed by atoms with Crippen molar-refractivity contribution in [1.82, 2.24) is 4.98 Å². The molecule has 0 radical (unpaired) electrons. The first-order chi connectivity index (χ1) is 16.2. The van der Waals surface area contributed by atoms with Crippen molar-refractivity contribution in [2.75, 3.05) is 10.6 Å². The van der Waals surface area contributed by atoms with Crippen molar-refractivity contribution in [3.8, 4) is 10.6 Å². The number of hydrogen-bond donors (Lipinski definition) is 2. The van der Waals surface area contributed by atoms with Gasteiger partial charge in [0.05, 0.1) is 10.6 Å². The van der Waals surface area contributed by atoms with E-state index in [9.17, 15) is 9.59 Å². The molecule has 1 fully saturated rings. The normalized spacial score (nSPS) is 13.9. The summed E-state index contributed by atoms with van der Waals surface area (Å²) in [6.07, 6.45) is 1.95. The highest BCUT2D eigenvalue weighted by atomic mass is 32.2. The highest BCUT2D eigenvalue weighted by molar-refractivity contribution is 8.00. The molecule has 33 heavy (non-hydrogen) atoms. The summed E-state index contributed by atoms with van der Waals surface area (Å²) in [6, 6.07) is 21.4.